The predicted molar refractivity (Wildman–Crippen MR) is 93.1 cm³/mol. The van der Waals surface area contributed by atoms with Crippen molar-refractivity contribution in [3.8, 4) is 16.9 Å². The van der Waals surface area contributed by atoms with E-state index >= 15 is 0 Å². The number of carbonyl (C=O) groups excluding carboxylic acids is 2. The van der Waals surface area contributed by atoms with Gasteiger partial charge in [-0.15, -0.1) is 0 Å². The van der Waals surface area contributed by atoms with E-state index in [2.05, 4.69) is 4.98 Å². The van der Waals surface area contributed by atoms with Crippen molar-refractivity contribution >= 4 is 23.5 Å². The largest absolute Gasteiger partial charge is 0.496 e. The molecule has 0 radical (unpaired) electrons. The Morgan fingerprint density at radius 3 is 2.04 bits per heavy atom. The van der Waals surface area contributed by atoms with E-state index in [0.29, 0.717) is 21.9 Å². The Kier molecular flexibility index (Phi) is 6.36. The van der Waals surface area contributed by atoms with Crippen LogP contribution in [0.1, 0.15) is 34.8 Å². The van der Waals surface area contributed by atoms with Crippen LogP contribution in [0, 0.1) is 0 Å². The molecule has 0 aliphatic rings. The molecule has 1 heterocycles. The van der Waals surface area contributed by atoms with E-state index in [0.717, 1.165) is 0 Å². The van der Waals surface area contributed by atoms with Crippen molar-refractivity contribution in [1.29, 1.82) is 0 Å². The summed E-state index contributed by atoms with van der Waals surface area (Å²) in [5, 5.41) is 0.489. The Morgan fingerprint density at radius 2 is 1.56 bits per heavy atom. The zero-order chi connectivity index (χ0) is 18.4. The minimum Gasteiger partial charge on any atom is -0.496 e. The van der Waals surface area contributed by atoms with E-state index < -0.39 is 11.9 Å². The van der Waals surface area contributed by atoms with Crippen molar-refractivity contribution in [2.75, 3.05) is 20.3 Å². The van der Waals surface area contributed by atoms with E-state index in [9.17, 15) is 9.59 Å². The second-order valence-electron chi connectivity index (χ2n) is 4.91. The lowest BCUT2D eigenvalue weighted by Gasteiger charge is -2.12. The number of hydrogen-bond donors (Lipinski definition) is 0. The highest BCUT2D eigenvalue weighted by molar-refractivity contribution is 6.31. The number of hydrogen-bond acceptors (Lipinski definition) is 6. The van der Waals surface area contributed by atoms with Crippen LogP contribution in [0.2, 0.25) is 5.02 Å². The summed E-state index contributed by atoms with van der Waals surface area (Å²) in [4.78, 5) is 28.2. The van der Waals surface area contributed by atoms with Gasteiger partial charge in [0.2, 0.25) is 0 Å². The van der Waals surface area contributed by atoms with Crippen molar-refractivity contribution in [3.63, 3.8) is 0 Å². The number of rotatable bonds is 6. The Bertz CT molecular complexity index is 755. The Labute approximate surface area is 150 Å². The predicted octanol–water partition coefficient (Wildman–Crippen LogP) is 3.76. The average Bonchev–Trinajstić information content (AvgIpc) is 2.61. The maximum absolute atomic E-state index is 12.1. The molecule has 2 aromatic rings. The lowest BCUT2D eigenvalue weighted by atomic mass is 10.0. The van der Waals surface area contributed by atoms with Crippen molar-refractivity contribution in [2.24, 2.45) is 0 Å². The van der Waals surface area contributed by atoms with Crippen molar-refractivity contribution in [3.05, 3.63) is 46.7 Å². The Hall–Kier alpha value is -2.60. The van der Waals surface area contributed by atoms with E-state index in [1.165, 1.54) is 19.2 Å². The summed E-state index contributed by atoms with van der Waals surface area (Å²) >= 11 is 6.07. The van der Waals surface area contributed by atoms with Crippen LogP contribution in [0.4, 0.5) is 0 Å². The average molecular weight is 364 g/mol. The zero-order valence-corrected chi connectivity index (χ0v) is 14.9. The molecule has 6 nitrogen and oxygen atoms in total. The number of carbonyl (C=O) groups is 2. The van der Waals surface area contributed by atoms with Gasteiger partial charge in [-0.2, -0.15) is 0 Å². The van der Waals surface area contributed by atoms with Crippen molar-refractivity contribution in [1.82, 2.24) is 4.98 Å². The van der Waals surface area contributed by atoms with Crippen LogP contribution in [0.5, 0.6) is 5.75 Å². The first-order valence-electron chi connectivity index (χ1n) is 7.70. The van der Waals surface area contributed by atoms with Crippen LogP contribution in [-0.2, 0) is 9.47 Å². The number of halogens is 1. The molecule has 0 amide bonds. The van der Waals surface area contributed by atoms with Gasteiger partial charge < -0.3 is 14.2 Å². The summed E-state index contributed by atoms with van der Waals surface area (Å²) in [7, 11) is 1.52. The van der Waals surface area contributed by atoms with Gasteiger partial charge in [0.25, 0.3) is 0 Å². The second-order valence-corrected chi connectivity index (χ2v) is 5.35. The summed E-state index contributed by atoms with van der Waals surface area (Å²) in [5.74, 6) is -0.716. The van der Waals surface area contributed by atoms with Gasteiger partial charge in [-0.3, -0.25) is 0 Å². The molecule has 132 valence electrons. The van der Waals surface area contributed by atoms with E-state index in [1.54, 1.807) is 32.0 Å². The lowest BCUT2D eigenvalue weighted by Crippen LogP contribution is -2.13. The molecule has 0 saturated heterocycles. The van der Waals surface area contributed by atoms with Crippen LogP contribution in [0.25, 0.3) is 11.1 Å². The molecule has 7 heteroatoms. The third kappa shape index (κ3) is 4.48. The van der Waals surface area contributed by atoms with Gasteiger partial charge in [-0.05, 0) is 49.7 Å². The highest BCUT2D eigenvalue weighted by Crippen LogP contribution is 2.33. The van der Waals surface area contributed by atoms with Gasteiger partial charge in [-0.1, -0.05) is 11.6 Å². The third-order valence-electron chi connectivity index (χ3n) is 3.27. The molecule has 0 unspecified atom stereocenters. The first kappa shape index (κ1) is 18.7. The Balaban J connectivity index is 2.62. The molecule has 2 rings (SSSR count). The van der Waals surface area contributed by atoms with Crippen LogP contribution in [-0.4, -0.2) is 37.2 Å². The minimum atomic E-state index is -0.629. The summed E-state index contributed by atoms with van der Waals surface area (Å²) in [6.45, 7) is 3.77. The molecule has 0 spiro atoms. The summed E-state index contributed by atoms with van der Waals surface area (Å²) in [6.07, 6.45) is 0. The molecule has 0 fully saturated rings. The zero-order valence-electron chi connectivity index (χ0n) is 14.2. The third-order valence-corrected chi connectivity index (χ3v) is 3.50. The maximum atomic E-state index is 12.1. The van der Waals surface area contributed by atoms with Gasteiger partial charge in [0.1, 0.15) is 17.1 Å². The number of aromatic nitrogens is 1. The van der Waals surface area contributed by atoms with Gasteiger partial charge >= 0.3 is 11.9 Å². The minimum absolute atomic E-state index is 0.00410. The van der Waals surface area contributed by atoms with E-state index in [1.807, 2.05) is 0 Å². The van der Waals surface area contributed by atoms with Gasteiger partial charge in [-0.25, -0.2) is 14.6 Å². The molecule has 0 bridgehead atoms. The van der Waals surface area contributed by atoms with Crippen LogP contribution >= 0.6 is 11.6 Å². The molecule has 1 aromatic carbocycles. The molecule has 0 aliphatic heterocycles. The molecule has 0 saturated carbocycles. The smallest absolute Gasteiger partial charge is 0.356 e. The number of benzene rings is 1. The topological polar surface area (TPSA) is 74.7 Å². The molecule has 0 N–H and O–H groups in total. The molecule has 1 aromatic heterocycles. The fourth-order valence-corrected chi connectivity index (χ4v) is 2.38. The first-order valence-corrected chi connectivity index (χ1v) is 8.08. The normalized spacial score (nSPS) is 10.2. The van der Waals surface area contributed by atoms with E-state index in [-0.39, 0.29) is 24.6 Å². The van der Waals surface area contributed by atoms with E-state index in [4.69, 9.17) is 25.8 Å². The number of ether oxygens (including phenoxy) is 3. The van der Waals surface area contributed by atoms with Crippen LogP contribution in [0.15, 0.2) is 30.3 Å². The SMILES string of the molecule is CCOC(=O)c1cc(-c2cc(Cl)ccc2OC)cc(C(=O)OCC)n1. The molecule has 25 heavy (non-hydrogen) atoms. The van der Waals surface area contributed by atoms with Crippen LogP contribution < -0.4 is 4.74 Å². The summed E-state index contributed by atoms with van der Waals surface area (Å²) < 4.78 is 15.3. The molecule has 0 atom stereocenters. The molecule has 0 aliphatic carbocycles. The first-order chi connectivity index (χ1) is 12.0. The summed E-state index contributed by atoms with van der Waals surface area (Å²) in [5.41, 5.74) is 1.17. The van der Waals surface area contributed by atoms with Crippen LogP contribution in [0.3, 0.4) is 0 Å². The van der Waals surface area contributed by atoms with Gasteiger partial charge in [0.05, 0.1) is 20.3 Å². The highest BCUT2D eigenvalue weighted by atomic mass is 35.5. The standard InChI is InChI=1S/C18H18ClNO5/c1-4-24-17(21)14-8-11(9-15(20-14)18(22)25-5-2)13-10-12(19)6-7-16(13)23-3/h6-10H,4-5H2,1-3H3. The monoisotopic (exact) mass is 363 g/mol. The summed E-state index contributed by atoms with van der Waals surface area (Å²) in [6, 6.07) is 8.11. The number of nitrogens with zero attached hydrogens (tertiary/aromatic N) is 1. The fourth-order valence-electron chi connectivity index (χ4n) is 2.21. The highest BCUT2D eigenvalue weighted by Gasteiger charge is 2.19. The van der Waals surface area contributed by atoms with Crippen molar-refractivity contribution in [2.45, 2.75) is 13.8 Å². The molecular weight excluding hydrogens is 346 g/mol. The van der Waals surface area contributed by atoms with Crippen molar-refractivity contribution < 1.29 is 23.8 Å². The molecular formula is C18H18ClNO5. The second kappa shape index (κ2) is 8.48. The van der Waals surface area contributed by atoms with Gasteiger partial charge in [0.15, 0.2) is 0 Å². The number of methoxy groups -OCH3 is 1. The lowest BCUT2D eigenvalue weighted by molar-refractivity contribution is 0.0511. The fraction of sp³-hybridized carbons (Fsp3) is 0.278. The number of esters is 2. The quantitative estimate of drug-likeness (QED) is 0.727. The Morgan fingerprint density at radius 1 is 1.00 bits per heavy atom. The van der Waals surface area contributed by atoms with Gasteiger partial charge in [0, 0.05) is 10.6 Å². The number of pyridine rings is 1. The maximum Gasteiger partial charge on any atom is 0.356 e.